The molecule has 270 valence electrons. The van der Waals surface area contributed by atoms with Gasteiger partial charge in [0.2, 0.25) is 0 Å². The Balaban J connectivity index is 1.04. The Hall–Kier alpha value is -6.90. The molecule has 0 amide bonds. The predicted octanol–water partition coefficient (Wildman–Crippen LogP) is 10.4. The fourth-order valence-electron chi connectivity index (χ4n) is 7.99. The largest absolute Gasteiger partial charge is 0.453 e. The van der Waals surface area contributed by atoms with E-state index in [1.54, 1.807) is 0 Å². The lowest BCUT2D eigenvalue weighted by atomic mass is 9.93. The van der Waals surface area contributed by atoms with E-state index < -0.39 is 0 Å². The van der Waals surface area contributed by atoms with Crippen molar-refractivity contribution in [2.24, 2.45) is 5.73 Å². The highest BCUT2D eigenvalue weighted by atomic mass is 16.5. The van der Waals surface area contributed by atoms with Gasteiger partial charge in [-0.2, -0.15) is 0 Å². The molecule has 10 rings (SSSR count). The first-order valence-corrected chi connectivity index (χ1v) is 18.8. The molecule has 0 bridgehead atoms. The van der Waals surface area contributed by atoms with Crippen molar-refractivity contribution in [3.8, 4) is 23.0 Å². The van der Waals surface area contributed by atoms with Gasteiger partial charge in [0.25, 0.3) is 0 Å². The van der Waals surface area contributed by atoms with Crippen LogP contribution in [0.15, 0.2) is 181 Å². The van der Waals surface area contributed by atoms with Crippen LogP contribution in [0.3, 0.4) is 0 Å². The standard InChI is InChI=1S/C47H40N6O2/c48-30-36-47(49-33-12-2-1-3-13-33)51-46(32-24-28-35(29-25-32)53-39-16-6-10-20-43(39)55-44-21-11-7-17-40(44)53)45(50-36)31-22-26-34(27-23-31)52-37-14-4-8-18-41(37)54-42-19-9-5-15-38(42)52/h1-24,26-28,36,47,49-51H,25,29-30,48H2. The molecule has 8 nitrogen and oxygen atoms in total. The van der Waals surface area contributed by atoms with Gasteiger partial charge >= 0.3 is 0 Å². The minimum atomic E-state index is -0.143. The molecular formula is C47H40N6O2. The van der Waals surface area contributed by atoms with E-state index in [9.17, 15) is 0 Å². The number of anilines is 6. The monoisotopic (exact) mass is 720 g/mol. The van der Waals surface area contributed by atoms with Crippen molar-refractivity contribution in [2.75, 3.05) is 21.7 Å². The van der Waals surface area contributed by atoms with Gasteiger partial charge in [0.05, 0.1) is 40.2 Å². The molecule has 4 aliphatic rings. The normalized spacial score (nSPS) is 18.1. The summed E-state index contributed by atoms with van der Waals surface area (Å²) in [7, 11) is 0. The lowest BCUT2D eigenvalue weighted by Gasteiger charge is -2.40. The Kier molecular flexibility index (Phi) is 8.22. The van der Waals surface area contributed by atoms with Crippen LogP contribution >= 0.6 is 0 Å². The molecule has 6 aromatic rings. The maximum atomic E-state index is 6.48. The molecule has 8 heteroatoms. The third-order valence-electron chi connectivity index (χ3n) is 10.6. The molecule has 1 aliphatic carbocycles. The summed E-state index contributed by atoms with van der Waals surface area (Å²) >= 11 is 0. The van der Waals surface area contributed by atoms with E-state index in [1.807, 2.05) is 78.9 Å². The number of hydrogen-bond acceptors (Lipinski definition) is 8. The van der Waals surface area contributed by atoms with Gasteiger partial charge in [0, 0.05) is 23.6 Å². The summed E-state index contributed by atoms with van der Waals surface area (Å²) in [5.74, 6) is 3.37. The zero-order valence-corrected chi connectivity index (χ0v) is 30.2. The maximum Gasteiger partial charge on any atom is 0.151 e. The first kappa shape index (κ1) is 32.7. The number of para-hydroxylation sites is 9. The van der Waals surface area contributed by atoms with Crippen molar-refractivity contribution in [1.29, 1.82) is 0 Å². The second kappa shape index (κ2) is 13.8. The molecule has 5 N–H and O–H groups in total. The molecule has 0 aromatic heterocycles. The molecule has 6 aromatic carbocycles. The zero-order valence-electron chi connectivity index (χ0n) is 30.2. The second-order valence-corrected chi connectivity index (χ2v) is 14.0. The molecule has 3 heterocycles. The number of nitrogens with zero attached hydrogens (tertiary/aromatic N) is 2. The molecule has 0 spiro atoms. The number of fused-ring (bicyclic) bond motifs is 4. The van der Waals surface area contributed by atoms with Crippen molar-refractivity contribution in [3.05, 3.63) is 186 Å². The van der Waals surface area contributed by atoms with Crippen LogP contribution in [0.2, 0.25) is 0 Å². The lowest BCUT2D eigenvalue weighted by molar-refractivity contribution is 0.446. The van der Waals surface area contributed by atoms with Crippen molar-refractivity contribution >= 4 is 39.8 Å². The molecule has 2 atom stereocenters. The summed E-state index contributed by atoms with van der Waals surface area (Å²) in [6.45, 7) is 0.437. The Morgan fingerprint density at radius 1 is 0.545 bits per heavy atom. The van der Waals surface area contributed by atoms with Crippen LogP contribution in [0.4, 0.5) is 34.1 Å². The number of benzene rings is 6. The molecule has 55 heavy (non-hydrogen) atoms. The predicted molar refractivity (Wildman–Crippen MR) is 222 cm³/mol. The minimum Gasteiger partial charge on any atom is -0.453 e. The third kappa shape index (κ3) is 5.93. The van der Waals surface area contributed by atoms with E-state index in [1.165, 1.54) is 11.3 Å². The van der Waals surface area contributed by atoms with E-state index >= 15 is 0 Å². The average Bonchev–Trinajstić information content (AvgIpc) is 3.25. The maximum absolute atomic E-state index is 6.48. The highest BCUT2D eigenvalue weighted by Crippen LogP contribution is 2.51. The molecule has 2 unspecified atom stereocenters. The van der Waals surface area contributed by atoms with Gasteiger partial charge in [0.15, 0.2) is 23.0 Å². The number of rotatable bonds is 7. The SMILES string of the molecule is NCC1NC(c2ccc(N3c4ccccc4Oc4ccccc43)cc2)=C(C2=CC=C(N3c4ccccc4Oc4ccccc43)CC2)NC1Nc1ccccc1. The van der Waals surface area contributed by atoms with Crippen LogP contribution in [0, 0.1) is 0 Å². The van der Waals surface area contributed by atoms with Gasteiger partial charge in [-0.1, -0.05) is 84.9 Å². The summed E-state index contributed by atoms with van der Waals surface area (Å²) in [5, 5.41) is 11.5. The summed E-state index contributed by atoms with van der Waals surface area (Å²) in [6.07, 6.45) is 6.07. The van der Waals surface area contributed by atoms with Gasteiger partial charge in [-0.25, -0.2) is 0 Å². The topological polar surface area (TPSA) is 87.0 Å². The number of nitrogens with two attached hydrogens (primary N) is 1. The summed E-state index contributed by atoms with van der Waals surface area (Å²) in [4.78, 5) is 4.61. The number of ether oxygens (including phenoxy) is 2. The fourth-order valence-corrected chi connectivity index (χ4v) is 7.99. The van der Waals surface area contributed by atoms with E-state index in [-0.39, 0.29) is 12.2 Å². The van der Waals surface area contributed by atoms with Crippen LogP contribution in [-0.2, 0) is 0 Å². The molecule has 0 radical (unpaired) electrons. The Bertz CT molecular complexity index is 2400. The van der Waals surface area contributed by atoms with Crippen molar-refractivity contribution < 1.29 is 9.47 Å². The van der Waals surface area contributed by atoms with Crippen molar-refractivity contribution in [1.82, 2.24) is 10.6 Å². The number of hydrogen-bond donors (Lipinski definition) is 4. The molecule has 0 saturated heterocycles. The molecule has 0 saturated carbocycles. The van der Waals surface area contributed by atoms with Crippen LogP contribution in [-0.4, -0.2) is 18.8 Å². The van der Waals surface area contributed by atoms with E-state index in [4.69, 9.17) is 15.2 Å². The minimum absolute atomic E-state index is 0.0757. The zero-order chi connectivity index (χ0) is 36.7. The molecular weight excluding hydrogens is 681 g/mol. The second-order valence-electron chi connectivity index (χ2n) is 14.0. The highest BCUT2D eigenvalue weighted by Gasteiger charge is 2.33. The van der Waals surface area contributed by atoms with Crippen LogP contribution in [0.5, 0.6) is 23.0 Å². The average molecular weight is 721 g/mol. The first-order chi connectivity index (χ1) is 27.2. The van der Waals surface area contributed by atoms with Gasteiger partial charge in [-0.15, -0.1) is 0 Å². The van der Waals surface area contributed by atoms with Gasteiger partial charge < -0.3 is 41.0 Å². The lowest BCUT2D eigenvalue weighted by Crippen LogP contribution is -2.59. The Morgan fingerprint density at radius 3 is 1.60 bits per heavy atom. The highest BCUT2D eigenvalue weighted by molar-refractivity contribution is 5.87. The molecule has 0 fully saturated rings. The number of allylic oxidation sites excluding steroid dienone is 4. The van der Waals surface area contributed by atoms with E-state index in [0.29, 0.717) is 6.54 Å². The smallest absolute Gasteiger partial charge is 0.151 e. The van der Waals surface area contributed by atoms with Gasteiger partial charge in [-0.05, 0) is 103 Å². The summed E-state index contributed by atoms with van der Waals surface area (Å²) in [5.41, 5.74) is 18.3. The quantitative estimate of drug-likeness (QED) is 0.129. The van der Waals surface area contributed by atoms with Crippen LogP contribution < -0.4 is 41.0 Å². The third-order valence-corrected chi connectivity index (χ3v) is 10.6. The Morgan fingerprint density at radius 2 is 1.07 bits per heavy atom. The first-order valence-electron chi connectivity index (χ1n) is 18.8. The van der Waals surface area contributed by atoms with Crippen LogP contribution in [0.25, 0.3) is 5.70 Å². The van der Waals surface area contributed by atoms with Crippen molar-refractivity contribution in [3.63, 3.8) is 0 Å². The fraction of sp³-hybridized carbons (Fsp3) is 0.106. The summed E-state index contributed by atoms with van der Waals surface area (Å²) in [6, 6.07) is 51.8. The Labute approximate surface area is 320 Å². The van der Waals surface area contributed by atoms with Crippen LogP contribution in [0.1, 0.15) is 18.4 Å². The number of nitrogens with one attached hydrogen (secondary N) is 3. The molecule has 3 aliphatic heterocycles. The van der Waals surface area contributed by atoms with E-state index in [0.717, 1.165) is 86.9 Å². The van der Waals surface area contributed by atoms with Gasteiger partial charge in [0.1, 0.15) is 6.17 Å². The van der Waals surface area contributed by atoms with E-state index in [2.05, 4.69) is 111 Å². The summed E-state index contributed by atoms with van der Waals surface area (Å²) < 4.78 is 12.6. The van der Waals surface area contributed by atoms with Gasteiger partial charge in [-0.3, -0.25) is 0 Å². The van der Waals surface area contributed by atoms with Crippen molar-refractivity contribution in [2.45, 2.75) is 25.0 Å².